The predicted octanol–water partition coefficient (Wildman–Crippen LogP) is 4.22. The van der Waals surface area contributed by atoms with Crippen molar-refractivity contribution in [3.8, 4) is 0 Å². The summed E-state index contributed by atoms with van der Waals surface area (Å²) in [5, 5.41) is 5.59. The lowest BCUT2D eigenvalue weighted by Gasteiger charge is -2.09. The lowest BCUT2D eigenvalue weighted by atomic mass is 10.1. The molecule has 3 aromatic rings. The Morgan fingerprint density at radius 2 is 1.70 bits per heavy atom. The normalized spacial score (nSPS) is 10.5. The molecular formula is C20H16F3N3O. The molecule has 0 fully saturated rings. The molecule has 2 aromatic carbocycles. The van der Waals surface area contributed by atoms with Crippen LogP contribution in [-0.2, 0) is 6.42 Å². The number of nitrogens with zero attached hydrogens (tertiary/aromatic N) is 1. The summed E-state index contributed by atoms with van der Waals surface area (Å²) in [6, 6.07) is 12.5. The minimum absolute atomic E-state index is 0.298. The van der Waals surface area contributed by atoms with E-state index in [4.69, 9.17) is 0 Å². The molecule has 3 rings (SSSR count). The quantitative estimate of drug-likeness (QED) is 0.682. The van der Waals surface area contributed by atoms with Crippen molar-refractivity contribution in [3.63, 3.8) is 0 Å². The zero-order valence-corrected chi connectivity index (χ0v) is 14.2. The van der Waals surface area contributed by atoms with Gasteiger partial charge in [0.1, 0.15) is 11.6 Å². The standard InChI is InChI=1S/C20H16F3N3O/c21-15-3-1-13(2-4-15)7-9-25-20(27)14-8-10-24-19(11-14)26-16-5-6-17(22)18(23)12-16/h1-6,8,10-12H,7,9H2,(H,24,26)(H,25,27). The summed E-state index contributed by atoms with van der Waals surface area (Å²) in [5.41, 5.74) is 1.59. The van der Waals surface area contributed by atoms with Crippen molar-refractivity contribution < 1.29 is 18.0 Å². The van der Waals surface area contributed by atoms with E-state index < -0.39 is 11.6 Å². The second-order valence-electron chi connectivity index (χ2n) is 5.82. The number of hydrogen-bond acceptors (Lipinski definition) is 3. The molecule has 0 unspecified atom stereocenters. The zero-order chi connectivity index (χ0) is 19.2. The smallest absolute Gasteiger partial charge is 0.251 e. The first-order valence-corrected chi connectivity index (χ1v) is 8.22. The molecule has 0 saturated carbocycles. The fraction of sp³-hybridized carbons (Fsp3) is 0.100. The molecule has 0 aliphatic rings. The largest absolute Gasteiger partial charge is 0.352 e. The Bertz CT molecular complexity index is 945. The Labute approximate surface area is 154 Å². The van der Waals surface area contributed by atoms with E-state index in [0.29, 0.717) is 30.0 Å². The van der Waals surface area contributed by atoms with E-state index in [-0.39, 0.29) is 11.7 Å². The van der Waals surface area contributed by atoms with Crippen molar-refractivity contribution in [2.45, 2.75) is 6.42 Å². The summed E-state index contributed by atoms with van der Waals surface area (Å²) in [5.74, 6) is -2.20. The second kappa shape index (κ2) is 8.35. The SMILES string of the molecule is O=C(NCCc1ccc(F)cc1)c1ccnc(Nc2ccc(F)c(F)c2)c1. The molecule has 0 atom stereocenters. The molecule has 0 spiro atoms. The number of benzene rings is 2. The highest BCUT2D eigenvalue weighted by atomic mass is 19.2. The third-order valence-electron chi connectivity index (χ3n) is 3.83. The maximum atomic E-state index is 13.3. The molecule has 138 valence electrons. The van der Waals surface area contributed by atoms with Gasteiger partial charge in [-0.1, -0.05) is 12.1 Å². The fourth-order valence-electron chi connectivity index (χ4n) is 2.44. The number of pyridine rings is 1. The van der Waals surface area contributed by atoms with Gasteiger partial charge >= 0.3 is 0 Å². The van der Waals surface area contributed by atoms with Crippen LogP contribution in [0, 0.1) is 17.5 Å². The summed E-state index contributed by atoms with van der Waals surface area (Å²) in [6.07, 6.45) is 2.01. The average Bonchev–Trinajstić information content (AvgIpc) is 2.66. The topological polar surface area (TPSA) is 54.0 Å². The van der Waals surface area contributed by atoms with E-state index in [1.165, 1.54) is 30.5 Å². The van der Waals surface area contributed by atoms with Crippen LogP contribution < -0.4 is 10.6 Å². The van der Waals surface area contributed by atoms with E-state index in [9.17, 15) is 18.0 Å². The lowest BCUT2D eigenvalue weighted by Crippen LogP contribution is -2.25. The first-order valence-electron chi connectivity index (χ1n) is 8.22. The van der Waals surface area contributed by atoms with Gasteiger partial charge in [-0.15, -0.1) is 0 Å². The number of carbonyl (C=O) groups excluding carboxylic acids is 1. The Kier molecular flexibility index (Phi) is 5.71. The van der Waals surface area contributed by atoms with Gasteiger partial charge in [0.2, 0.25) is 0 Å². The molecule has 0 aliphatic carbocycles. The number of nitrogens with one attached hydrogen (secondary N) is 2. The van der Waals surface area contributed by atoms with Gasteiger partial charge in [0, 0.05) is 30.1 Å². The van der Waals surface area contributed by atoms with Crippen molar-refractivity contribution in [1.82, 2.24) is 10.3 Å². The van der Waals surface area contributed by atoms with Crippen molar-refractivity contribution in [1.29, 1.82) is 0 Å². The molecule has 0 saturated heterocycles. The number of rotatable bonds is 6. The van der Waals surface area contributed by atoms with Crippen molar-refractivity contribution >= 4 is 17.4 Å². The van der Waals surface area contributed by atoms with Gasteiger partial charge in [-0.05, 0) is 48.4 Å². The van der Waals surface area contributed by atoms with E-state index in [1.54, 1.807) is 18.2 Å². The highest BCUT2D eigenvalue weighted by Crippen LogP contribution is 2.18. The maximum absolute atomic E-state index is 13.3. The predicted molar refractivity (Wildman–Crippen MR) is 96.3 cm³/mol. The fourth-order valence-corrected chi connectivity index (χ4v) is 2.44. The van der Waals surface area contributed by atoms with Gasteiger partial charge in [-0.25, -0.2) is 18.2 Å². The van der Waals surface area contributed by atoms with Crippen LogP contribution >= 0.6 is 0 Å². The summed E-state index contributed by atoms with van der Waals surface area (Å²) in [6.45, 7) is 0.388. The number of halogens is 3. The highest BCUT2D eigenvalue weighted by molar-refractivity contribution is 5.94. The van der Waals surface area contributed by atoms with E-state index in [2.05, 4.69) is 15.6 Å². The second-order valence-corrected chi connectivity index (χ2v) is 5.82. The van der Waals surface area contributed by atoms with Crippen molar-refractivity contribution in [2.75, 3.05) is 11.9 Å². The van der Waals surface area contributed by atoms with Gasteiger partial charge < -0.3 is 10.6 Å². The van der Waals surface area contributed by atoms with Gasteiger partial charge in [0.15, 0.2) is 11.6 Å². The molecule has 1 amide bonds. The van der Waals surface area contributed by atoms with Gasteiger partial charge in [-0.2, -0.15) is 0 Å². The van der Waals surface area contributed by atoms with E-state index >= 15 is 0 Å². The summed E-state index contributed by atoms with van der Waals surface area (Å²) < 4.78 is 39.1. The molecule has 4 nitrogen and oxygen atoms in total. The molecule has 0 radical (unpaired) electrons. The first-order chi connectivity index (χ1) is 13.0. The molecule has 7 heteroatoms. The van der Waals surface area contributed by atoms with Crippen molar-refractivity contribution in [2.24, 2.45) is 0 Å². The minimum atomic E-state index is -0.977. The van der Waals surface area contributed by atoms with Crippen LogP contribution in [0.1, 0.15) is 15.9 Å². The van der Waals surface area contributed by atoms with Crippen molar-refractivity contribution in [3.05, 3.63) is 89.4 Å². The molecule has 0 bridgehead atoms. The van der Waals surface area contributed by atoms with Crippen LogP contribution in [0.5, 0.6) is 0 Å². The first kappa shape index (κ1) is 18.4. The zero-order valence-electron chi connectivity index (χ0n) is 14.2. The molecule has 27 heavy (non-hydrogen) atoms. The van der Waals surface area contributed by atoms with Crippen LogP contribution in [0.25, 0.3) is 0 Å². The summed E-state index contributed by atoms with van der Waals surface area (Å²) >= 11 is 0. The Hall–Kier alpha value is -3.35. The molecule has 2 N–H and O–H groups in total. The number of aromatic nitrogens is 1. The Morgan fingerprint density at radius 3 is 2.44 bits per heavy atom. The molecule has 1 aromatic heterocycles. The molecular weight excluding hydrogens is 355 g/mol. The van der Waals surface area contributed by atoms with E-state index in [0.717, 1.165) is 17.7 Å². The number of anilines is 2. The van der Waals surface area contributed by atoms with Crippen LogP contribution in [-0.4, -0.2) is 17.4 Å². The summed E-state index contributed by atoms with van der Waals surface area (Å²) in [4.78, 5) is 16.3. The summed E-state index contributed by atoms with van der Waals surface area (Å²) in [7, 11) is 0. The third kappa shape index (κ3) is 5.07. The third-order valence-corrected chi connectivity index (χ3v) is 3.83. The number of amides is 1. The monoisotopic (exact) mass is 371 g/mol. The van der Waals surface area contributed by atoms with Crippen LogP contribution in [0.3, 0.4) is 0 Å². The van der Waals surface area contributed by atoms with Gasteiger partial charge in [-0.3, -0.25) is 4.79 Å². The Morgan fingerprint density at radius 1 is 0.926 bits per heavy atom. The number of hydrogen-bond donors (Lipinski definition) is 2. The lowest BCUT2D eigenvalue weighted by molar-refractivity contribution is 0.0954. The molecule has 0 aliphatic heterocycles. The maximum Gasteiger partial charge on any atom is 0.251 e. The van der Waals surface area contributed by atoms with Crippen LogP contribution in [0.2, 0.25) is 0 Å². The van der Waals surface area contributed by atoms with E-state index in [1.807, 2.05) is 0 Å². The van der Waals surface area contributed by atoms with Crippen LogP contribution in [0.15, 0.2) is 60.8 Å². The molecule has 1 heterocycles. The minimum Gasteiger partial charge on any atom is -0.352 e. The average molecular weight is 371 g/mol. The number of carbonyl (C=O) groups is 1. The highest BCUT2D eigenvalue weighted by Gasteiger charge is 2.08. The van der Waals surface area contributed by atoms with Gasteiger partial charge in [0.05, 0.1) is 0 Å². The van der Waals surface area contributed by atoms with Crippen LogP contribution in [0.4, 0.5) is 24.7 Å². The van der Waals surface area contributed by atoms with Gasteiger partial charge in [0.25, 0.3) is 5.91 Å². The Balaban J connectivity index is 1.59.